The first-order valence-electron chi connectivity index (χ1n) is 5.76. The van der Waals surface area contributed by atoms with Crippen LogP contribution in [0.25, 0.3) is 0 Å². The molecule has 0 radical (unpaired) electrons. The number of nitrogens with zero attached hydrogens (tertiary/aromatic N) is 1. The van der Waals surface area contributed by atoms with Crippen molar-refractivity contribution in [2.24, 2.45) is 0 Å². The highest BCUT2D eigenvalue weighted by Gasteiger charge is 2.14. The van der Waals surface area contributed by atoms with Gasteiger partial charge in [-0.25, -0.2) is 8.78 Å². The van der Waals surface area contributed by atoms with Gasteiger partial charge >= 0.3 is 0 Å². The standard InChI is InChI=1S/C15H10BrF2NO/c1-8-3-11(4-9(2)14(8)16)20-15-12(17)5-10(7-19)6-13(15)18/h3-6H,1-2H3. The third-order valence-electron chi connectivity index (χ3n) is 2.76. The Morgan fingerprint density at radius 3 is 2.00 bits per heavy atom. The number of hydrogen-bond acceptors (Lipinski definition) is 2. The lowest BCUT2D eigenvalue weighted by Gasteiger charge is -2.11. The Morgan fingerprint density at radius 1 is 1.05 bits per heavy atom. The first-order valence-corrected chi connectivity index (χ1v) is 6.55. The zero-order valence-corrected chi connectivity index (χ0v) is 12.4. The number of ether oxygens (including phenoxy) is 1. The van der Waals surface area contributed by atoms with Crippen molar-refractivity contribution in [1.82, 2.24) is 0 Å². The summed E-state index contributed by atoms with van der Waals surface area (Å²) in [5.41, 5.74) is 1.71. The van der Waals surface area contributed by atoms with Gasteiger partial charge in [-0.05, 0) is 49.2 Å². The van der Waals surface area contributed by atoms with E-state index in [0.717, 1.165) is 27.7 Å². The predicted octanol–water partition coefficient (Wildman–Crippen LogP) is 5.01. The second-order valence-corrected chi connectivity index (χ2v) is 5.15. The van der Waals surface area contributed by atoms with Crippen molar-refractivity contribution in [3.05, 3.63) is 57.1 Å². The maximum Gasteiger partial charge on any atom is 0.198 e. The third kappa shape index (κ3) is 2.81. The van der Waals surface area contributed by atoms with Crippen LogP contribution in [0.3, 0.4) is 0 Å². The van der Waals surface area contributed by atoms with Gasteiger partial charge in [-0.15, -0.1) is 0 Å². The molecule has 0 amide bonds. The van der Waals surface area contributed by atoms with Crippen molar-refractivity contribution < 1.29 is 13.5 Å². The van der Waals surface area contributed by atoms with Gasteiger partial charge in [-0.2, -0.15) is 5.26 Å². The Hall–Kier alpha value is -1.93. The van der Waals surface area contributed by atoms with Crippen molar-refractivity contribution >= 4 is 15.9 Å². The van der Waals surface area contributed by atoms with E-state index in [-0.39, 0.29) is 5.56 Å². The fourth-order valence-electron chi connectivity index (χ4n) is 1.80. The van der Waals surface area contributed by atoms with Crippen molar-refractivity contribution in [3.8, 4) is 17.6 Å². The summed E-state index contributed by atoms with van der Waals surface area (Å²) in [7, 11) is 0. The molecular formula is C15H10BrF2NO. The summed E-state index contributed by atoms with van der Waals surface area (Å²) in [4.78, 5) is 0. The molecule has 2 aromatic carbocycles. The molecule has 0 spiro atoms. The molecule has 0 atom stereocenters. The molecule has 0 heterocycles. The average molecular weight is 338 g/mol. The SMILES string of the molecule is Cc1cc(Oc2c(F)cc(C#N)cc2F)cc(C)c1Br. The highest BCUT2D eigenvalue weighted by molar-refractivity contribution is 9.10. The van der Waals surface area contributed by atoms with Gasteiger partial charge in [0.15, 0.2) is 17.4 Å². The summed E-state index contributed by atoms with van der Waals surface area (Å²) >= 11 is 3.41. The van der Waals surface area contributed by atoms with E-state index in [0.29, 0.717) is 5.75 Å². The number of rotatable bonds is 2. The monoisotopic (exact) mass is 337 g/mol. The summed E-state index contributed by atoms with van der Waals surface area (Å²) < 4.78 is 33.7. The third-order valence-corrected chi connectivity index (χ3v) is 4.01. The average Bonchev–Trinajstić information content (AvgIpc) is 2.39. The molecule has 0 bridgehead atoms. The largest absolute Gasteiger partial charge is 0.451 e. The van der Waals surface area contributed by atoms with Crippen LogP contribution >= 0.6 is 15.9 Å². The maximum absolute atomic E-state index is 13.7. The van der Waals surface area contributed by atoms with E-state index < -0.39 is 17.4 Å². The van der Waals surface area contributed by atoms with Crippen molar-refractivity contribution in [2.45, 2.75) is 13.8 Å². The molecule has 0 aliphatic rings. The van der Waals surface area contributed by atoms with Crippen LogP contribution in [0, 0.1) is 36.8 Å². The molecule has 2 aromatic rings. The number of halogens is 3. The summed E-state index contributed by atoms with van der Waals surface area (Å²) in [6, 6.07) is 6.92. The van der Waals surface area contributed by atoms with Crippen LogP contribution in [0.4, 0.5) is 8.78 Å². The summed E-state index contributed by atoms with van der Waals surface area (Å²) in [5.74, 6) is -1.98. The zero-order valence-electron chi connectivity index (χ0n) is 10.8. The lowest BCUT2D eigenvalue weighted by Crippen LogP contribution is -1.95. The molecule has 102 valence electrons. The molecule has 0 saturated heterocycles. The first-order chi connectivity index (χ1) is 9.42. The molecule has 0 saturated carbocycles. The molecule has 0 aliphatic carbocycles. The minimum atomic E-state index is -0.903. The molecule has 0 N–H and O–H groups in total. The van der Waals surface area contributed by atoms with Crippen LogP contribution < -0.4 is 4.74 Å². The van der Waals surface area contributed by atoms with Gasteiger partial charge in [0, 0.05) is 4.47 Å². The quantitative estimate of drug-likeness (QED) is 0.771. The molecular weight excluding hydrogens is 328 g/mol. The van der Waals surface area contributed by atoms with Crippen LogP contribution in [0.15, 0.2) is 28.7 Å². The molecule has 5 heteroatoms. The van der Waals surface area contributed by atoms with E-state index in [2.05, 4.69) is 15.9 Å². The number of hydrogen-bond donors (Lipinski definition) is 0. The molecule has 0 unspecified atom stereocenters. The normalized spacial score (nSPS) is 10.2. The Kier molecular flexibility index (Phi) is 4.05. The second kappa shape index (κ2) is 5.59. The Bertz CT molecular complexity index is 676. The minimum absolute atomic E-state index is 0.0875. The summed E-state index contributed by atoms with van der Waals surface area (Å²) in [6.45, 7) is 3.71. The Labute approximate surface area is 123 Å². The van der Waals surface area contributed by atoms with Crippen LogP contribution in [0.5, 0.6) is 11.5 Å². The number of nitriles is 1. The van der Waals surface area contributed by atoms with Crippen LogP contribution in [0.1, 0.15) is 16.7 Å². The molecule has 0 aromatic heterocycles. The molecule has 20 heavy (non-hydrogen) atoms. The first kappa shape index (κ1) is 14.5. The topological polar surface area (TPSA) is 33.0 Å². The van der Waals surface area contributed by atoms with Crippen molar-refractivity contribution in [1.29, 1.82) is 5.26 Å². The highest BCUT2D eigenvalue weighted by atomic mass is 79.9. The molecule has 2 rings (SSSR count). The maximum atomic E-state index is 13.7. The fraction of sp³-hybridized carbons (Fsp3) is 0.133. The van der Waals surface area contributed by atoms with Gasteiger partial charge in [0.25, 0.3) is 0 Å². The van der Waals surface area contributed by atoms with Gasteiger partial charge < -0.3 is 4.74 Å². The van der Waals surface area contributed by atoms with E-state index in [1.54, 1.807) is 18.2 Å². The second-order valence-electron chi connectivity index (χ2n) is 4.35. The fourth-order valence-corrected chi connectivity index (χ4v) is 2.03. The van der Waals surface area contributed by atoms with Crippen LogP contribution in [-0.4, -0.2) is 0 Å². The molecule has 0 fully saturated rings. The van der Waals surface area contributed by atoms with Crippen molar-refractivity contribution in [3.63, 3.8) is 0 Å². The van der Waals surface area contributed by atoms with E-state index >= 15 is 0 Å². The highest BCUT2D eigenvalue weighted by Crippen LogP contribution is 2.32. The zero-order chi connectivity index (χ0) is 14.9. The minimum Gasteiger partial charge on any atom is -0.451 e. The number of benzene rings is 2. The summed E-state index contributed by atoms with van der Waals surface area (Å²) in [6.07, 6.45) is 0. The van der Waals surface area contributed by atoms with Gasteiger partial charge in [0.1, 0.15) is 5.75 Å². The van der Waals surface area contributed by atoms with E-state index in [9.17, 15) is 8.78 Å². The van der Waals surface area contributed by atoms with E-state index in [1.807, 2.05) is 13.8 Å². The Morgan fingerprint density at radius 2 is 1.55 bits per heavy atom. The lowest BCUT2D eigenvalue weighted by atomic mass is 10.1. The molecule has 2 nitrogen and oxygen atoms in total. The van der Waals surface area contributed by atoms with E-state index in [1.165, 1.54) is 0 Å². The van der Waals surface area contributed by atoms with E-state index in [4.69, 9.17) is 10.00 Å². The van der Waals surface area contributed by atoms with Gasteiger partial charge in [0.2, 0.25) is 0 Å². The van der Waals surface area contributed by atoms with Gasteiger partial charge in [-0.1, -0.05) is 15.9 Å². The van der Waals surface area contributed by atoms with Crippen LogP contribution in [0.2, 0.25) is 0 Å². The predicted molar refractivity (Wildman–Crippen MR) is 74.8 cm³/mol. The smallest absolute Gasteiger partial charge is 0.198 e. The van der Waals surface area contributed by atoms with Gasteiger partial charge in [0.05, 0.1) is 11.6 Å². The van der Waals surface area contributed by atoms with Crippen LogP contribution in [-0.2, 0) is 0 Å². The van der Waals surface area contributed by atoms with Gasteiger partial charge in [-0.3, -0.25) is 0 Å². The lowest BCUT2D eigenvalue weighted by molar-refractivity contribution is 0.406. The number of aryl methyl sites for hydroxylation is 2. The Balaban J connectivity index is 2.43. The van der Waals surface area contributed by atoms with Crippen molar-refractivity contribution in [2.75, 3.05) is 0 Å². The summed E-state index contributed by atoms with van der Waals surface area (Å²) in [5, 5.41) is 8.64. The molecule has 0 aliphatic heterocycles.